The predicted octanol–water partition coefficient (Wildman–Crippen LogP) is 4.68. The van der Waals surface area contributed by atoms with Gasteiger partial charge in [-0.15, -0.1) is 0 Å². The van der Waals surface area contributed by atoms with Crippen LogP contribution in [0.1, 0.15) is 72.4 Å². The largest absolute Gasteiger partial charge is 0.355 e. The molecule has 0 aromatic carbocycles. The molecule has 0 spiro atoms. The molecular formula is C17H33N3. The van der Waals surface area contributed by atoms with Gasteiger partial charge in [-0.1, -0.05) is 41.0 Å². The summed E-state index contributed by atoms with van der Waals surface area (Å²) < 4.78 is 2.16. The number of aryl methyl sites for hydroxylation is 1. The standard InChI is InChI=1S/C17H33N3/c1-7-11-19(12-10-15(6)8-2)17-13-16(14(4)5)20(9-3)18-17/h13-15H,7-12H2,1-6H3. The second-order valence-corrected chi connectivity index (χ2v) is 6.19. The molecule has 3 heteroatoms. The van der Waals surface area contributed by atoms with Crippen LogP contribution >= 0.6 is 0 Å². The van der Waals surface area contributed by atoms with E-state index in [-0.39, 0.29) is 0 Å². The van der Waals surface area contributed by atoms with Gasteiger partial charge in [0, 0.05) is 31.4 Å². The molecule has 1 heterocycles. The van der Waals surface area contributed by atoms with Gasteiger partial charge in [-0.25, -0.2) is 0 Å². The molecule has 1 atom stereocenters. The number of anilines is 1. The maximum atomic E-state index is 4.82. The van der Waals surface area contributed by atoms with Crippen LogP contribution in [0.25, 0.3) is 0 Å². The summed E-state index contributed by atoms with van der Waals surface area (Å²) in [7, 11) is 0. The van der Waals surface area contributed by atoms with Crippen LogP contribution in [0.2, 0.25) is 0 Å². The van der Waals surface area contributed by atoms with E-state index in [1.165, 1.54) is 30.8 Å². The highest BCUT2D eigenvalue weighted by Crippen LogP contribution is 2.22. The minimum atomic E-state index is 0.536. The van der Waals surface area contributed by atoms with Crippen molar-refractivity contribution in [1.82, 2.24) is 9.78 Å². The molecule has 0 bridgehead atoms. The van der Waals surface area contributed by atoms with Crippen LogP contribution in [0, 0.1) is 5.92 Å². The summed E-state index contributed by atoms with van der Waals surface area (Å²) in [5.41, 5.74) is 1.35. The van der Waals surface area contributed by atoms with Gasteiger partial charge in [0.15, 0.2) is 5.82 Å². The number of rotatable bonds is 9. The molecule has 0 saturated heterocycles. The maximum absolute atomic E-state index is 4.82. The Labute approximate surface area is 125 Å². The lowest BCUT2D eigenvalue weighted by Crippen LogP contribution is -2.27. The highest BCUT2D eigenvalue weighted by Gasteiger charge is 2.15. The van der Waals surface area contributed by atoms with Crippen molar-refractivity contribution in [2.75, 3.05) is 18.0 Å². The van der Waals surface area contributed by atoms with E-state index in [0.717, 1.165) is 25.6 Å². The molecule has 0 aliphatic rings. The van der Waals surface area contributed by atoms with Crippen LogP contribution in [0.15, 0.2) is 6.07 Å². The maximum Gasteiger partial charge on any atom is 0.150 e. The van der Waals surface area contributed by atoms with Gasteiger partial charge in [0.25, 0.3) is 0 Å². The second kappa shape index (κ2) is 8.33. The summed E-state index contributed by atoms with van der Waals surface area (Å²) >= 11 is 0. The van der Waals surface area contributed by atoms with E-state index in [1.54, 1.807) is 0 Å². The summed E-state index contributed by atoms with van der Waals surface area (Å²) in [6.07, 6.45) is 3.70. The lowest BCUT2D eigenvalue weighted by molar-refractivity contribution is 0.507. The summed E-state index contributed by atoms with van der Waals surface area (Å²) in [4.78, 5) is 2.46. The van der Waals surface area contributed by atoms with E-state index in [0.29, 0.717) is 5.92 Å². The first-order valence-corrected chi connectivity index (χ1v) is 8.36. The van der Waals surface area contributed by atoms with Crippen LogP contribution in [-0.4, -0.2) is 22.9 Å². The number of aromatic nitrogens is 2. The van der Waals surface area contributed by atoms with Crippen LogP contribution in [0.4, 0.5) is 5.82 Å². The first kappa shape index (κ1) is 17.1. The molecule has 1 rings (SSSR count). The van der Waals surface area contributed by atoms with Crippen LogP contribution in [0.5, 0.6) is 0 Å². The van der Waals surface area contributed by atoms with Crippen molar-refractivity contribution >= 4 is 5.82 Å². The summed E-state index contributed by atoms with van der Waals surface area (Å²) in [5, 5.41) is 4.82. The lowest BCUT2D eigenvalue weighted by atomic mass is 10.1. The molecule has 1 aromatic rings. The summed E-state index contributed by atoms with van der Waals surface area (Å²) in [6.45, 7) is 16.7. The molecule has 20 heavy (non-hydrogen) atoms. The molecule has 0 saturated carbocycles. The molecule has 1 unspecified atom stereocenters. The van der Waals surface area contributed by atoms with Crippen molar-refractivity contribution in [2.24, 2.45) is 5.92 Å². The zero-order valence-electron chi connectivity index (χ0n) is 14.3. The Kier molecular flexibility index (Phi) is 7.11. The van der Waals surface area contributed by atoms with Gasteiger partial charge in [-0.2, -0.15) is 5.10 Å². The van der Waals surface area contributed by atoms with Crippen molar-refractivity contribution < 1.29 is 0 Å². The average Bonchev–Trinajstić information content (AvgIpc) is 2.87. The zero-order chi connectivity index (χ0) is 15.1. The first-order valence-electron chi connectivity index (χ1n) is 8.36. The van der Waals surface area contributed by atoms with Crippen LogP contribution in [-0.2, 0) is 6.54 Å². The fourth-order valence-electron chi connectivity index (χ4n) is 2.48. The Balaban J connectivity index is 2.85. The molecule has 0 radical (unpaired) electrons. The van der Waals surface area contributed by atoms with E-state index in [1.807, 2.05) is 0 Å². The third-order valence-corrected chi connectivity index (χ3v) is 4.10. The molecular weight excluding hydrogens is 246 g/mol. The van der Waals surface area contributed by atoms with Gasteiger partial charge in [0.05, 0.1) is 0 Å². The lowest BCUT2D eigenvalue weighted by Gasteiger charge is -2.23. The highest BCUT2D eigenvalue weighted by atomic mass is 15.4. The minimum absolute atomic E-state index is 0.536. The zero-order valence-corrected chi connectivity index (χ0v) is 14.3. The first-order chi connectivity index (χ1) is 9.53. The molecule has 0 amide bonds. The Morgan fingerprint density at radius 3 is 2.30 bits per heavy atom. The molecule has 0 aliphatic heterocycles. The van der Waals surface area contributed by atoms with Gasteiger partial charge < -0.3 is 4.90 Å². The van der Waals surface area contributed by atoms with Gasteiger partial charge in [0.1, 0.15) is 0 Å². The number of hydrogen-bond donors (Lipinski definition) is 0. The third-order valence-electron chi connectivity index (χ3n) is 4.10. The SMILES string of the molecule is CCCN(CCC(C)CC)c1cc(C(C)C)n(CC)n1. The van der Waals surface area contributed by atoms with E-state index >= 15 is 0 Å². The van der Waals surface area contributed by atoms with E-state index in [4.69, 9.17) is 5.10 Å². The minimum Gasteiger partial charge on any atom is -0.355 e. The monoisotopic (exact) mass is 279 g/mol. The summed E-state index contributed by atoms with van der Waals surface area (Å²) in [6, 6.07) is 2.29. The van der Waals surface area contributed by atoms with E-state index in [9.17, 15) is 0 Å². The molecule has 0 fully saturated rings. The second-order valence-electron chi connectivity index (χ2n) is 6.19. The Bertz CT molecular complexity index is 382. The molecule has 3 nitrogen and oxygen atoms in total. The van der Waals surface area contributed by atoms with E-state index in [2.05, 4.69) is 57.2 Å². The van der Waals surface area contributed by atoms with Crippen molar-refractivity contribution in [3.8, 4) is 0 Å². The Morgan fingerprint density at radius 1 is 1.15 bits per heavy atom. The van der Waals surface area contributed by atoms with Crippen molar-refractivity contribution in [1.29, 1.82) is 0 Å². The average molecular weight is 279 g/mol. The Morgan fingerprint density at radius 2 is 1.85 bits per heavy atom. The quantitative estimate of drug-likeness (QED) is 0.654. The van der Waals surface area contributed by atoms with Crippen molar-refractivity contribution in [3.63, 3.8) is 0 Å². The van der Waals surface area contributed by atoms with Gasteiger partial charge >= 0.3 is 0 Å². The predicted molar refractivity (Wildman–Crippen MR) is 88.6 cm³/mol. The summed E-state index contributed by atoms with van der Waals surface area (Å²) in [5.74, 6) is 2.50. The number of nitrogens with zero attached hydrogens (tertiary/aromatic N) is 3. The van der Waals surface area contributed by atoms with Gasteiger partial charge in [-0.3, -0.25) is 4.68 Å². The van der Waals surface area contributed by atoms with Gasteiger partial charge in [0.2, 0.25) is 0 Å². The fourth-order valence-corrected chi connectivity index (χ4v) is 2.48. The number of hydrogen-bond acceptors (Lipinski definition) is 2. The smallest absolute Gasteiger partial charge is 0.150 e. The van der Waals surface area contributed by atoms with Gasteiger partial charge in [-0.05, 0) is 31.6 Å². The molecule has 1 aromatic heterocycles. The molecule has 0 aliphatic carbocycles. The fraction of sp³-hybridized carbons (Fsp3) is 0.824. The highest BCUT2D eigenvalue weighted by molar-refractivity contribution is 5.40. The Hall–Kier alpha value is -0.990. The molecule has 116 valence electrons. The topological polar surface area (TPSA) is 21.1 Å². The van der Waals surface area contributed by atoms with E-state index < -0.39 is 0 Å². The third kappa shape index (κ3) is 4.53. The van der Waals surface area contributed by atoms with Crippen molar-refractivity contribution in [3.05, 3.63) is 11.8 Å². The van der Waals surface area contributed by atoms with Crippen molar-refractivity contribution in [2.45, 2.75) is 73.3 Å². The van der Waals surface area contributed by atoms with Crippen LogP contribution in [0.3, 0.4) is 0 Å². The van der Waals surface area contributed by atoms with Crippen LogP contribution < -0.4 is 4.90 Å². The molecule has 0 N–H and O–H groups in total. The normalized spacial score (nSPS) is 12.9.